The molecular weight excluding hydrogens is 210 g/mol. The summed E-state index contributed by atoms with van der Waals surface area (Å²) in [6.45, 7) is 6.49. The lowest BCUT2D eigenvalue weighted by Crippen LogP contribution is -2.45. The lowest BCUT2D eigenvalue weighted by atomic mass is 9.97. The molecule has 0 N–H and O–H groups in total. The standard InChI is InChI=1S/C15H23NO/c1-11-9-16(10-12(2)17-11)15-6-4-3-5-14(15)13-7-8-13/h5-6,11-13H,3-4,7-10H2,1-2H3. The minimum absolute atomic E-state index is 0.363. The van der Waals surface area contributed by atoms with Crippen molar-refractivity contribution in [1.82, 2.24) is 4.90 Å². The van der Waals surface area contributed by atoms with E-state index in [1.54, 1.807) is 5.57 Å². The van der Waals surface area contributed by atoms with E-state index in [9.17, 15) is 0 Å². The van der Waals surface area contributed by atoms with E-state index in [-0.39, 0.29) is 0 Å². The van der Waals surface area contributed by atoms with Crippen LogP contribution in [0.1, 0.15) is 39.5 Å². The van der Waals surface area contributed by atoms with E-state index in [0.717, 1.165) is 19.0 Å². The van der Waals surface area contributed by atoms with Crippen molar-refractivity contribution in [2.45, 2.75) is 51.7 Å². The van der Waals surface area contributed by atoms with Gasteiger partial charge in [-0.05, 0) is 51.0 Å². The van der Waals surface area contributed by atoms with Crippen molar-refractivity contribution in [2.24, 2.45) is 5.92 Å². The second-order valence-electron chi connectivity index (χ2n) is 5.76. The quantitative estimate of drug-likeness (QED) is 0.726. The summed E-state index contributed by atoms with van der Waals surface area (Å²) in [7, 11) is 0. The number of rotatable bonds is 2. The lowest BCUT2D eigenvalue weighted by Gasteiger charge is -2.39. The van der Waals surface area contributed by atoms with Crippen LogP contribution in [0, 0.1) is 5.92 Å². The van der Waals surface area contributed by atoms with Crippen molar-refractivity contribution in [3.05, 3.63) is 23.4 Å². The van der Waals surface area contributed by atoms with Gasteiger partial charge in [-0.1, -0.05) is 12.2 Å². The average molecular weight is 233 g/mol. The van der Waals surface area contributed by atoms with E-state index in [2.05, 4.69) is 30.9 Å². The third-order valence-corrected chi connectivity index (χ3v) is 3.94. The van der Waals surface area contributed by atoms with Gasteiger partial charge in [0.2, 0.25) is 0 Å². The molecule has 2 atom stereocenters. The molecule has 0 amide bonds. The molecule has 0 spiro atoms. The molecule has 0 aromatic carbocycles. The van der Waals surface area contributed by atoms with Gasteiger partial charge in [-0.3, -0.25) is 0 Å². The number of morpholine rings is 1. The molecule has 1 aliphatic heterocycles. The van der Waals surface area contributed by atoms with Gasteiger partial charge in [0.25, 0.3) is 0 Å². The molecule has 3 rings (SSSR count). The number of allylic oxidation sites excluding steroid dienone is 3. The van der Waals surface area contributed by atoms with Crippen molar-refractivity contribution in [2.75, 3.05) is 13.1 Å². The van der Waals surface area contributed by atoms with Crippen LogP contribution in [-0.2, 0) is 4.74 Å². The molecule has 94 valence electrons. The molecule has 2 fully saturated rings. The van der Waals surface area contributed by atoms with Crippen LogP contribution in [0.25, 0.3) is 0 Å². The highest BCUT2D eigenvalue weighted by Crippen LogP contribution is 2.43. The largest absolute Gasteiger partial charge is 0.372 e. The Morgan fingerprint density at radius 3 is 2.35 bits per heavy atom. The first-order valence-corrected chi connectivity index (χ1v) is 7.05. The molecular formula is C15H23NO. The Morgan fingerprint density at radius 2 is 1.71 bits per heavy atom. The molecule has 1 heterocycles. The van der Waals surface area contributed by atoms with Gasteiger partial charge < -0.3 is 9.64 Å². The van der Waals surface area contributed by atoms with Crippen LogP contribution in [0.5, 0.6) is 0 Å². The Bertz CT molecular complexity index is 344. The van der Waals surface area contributed by atoms with Gasteiger partial charge in [-0.2, -0.15) is 0 Å². The summed E-state index contributed by atoms with van der Waals surface area (Å²) in [5.74, 6) is 0.870. The van der Waals surface area contributed by atoms with Crippen LogP contribution in [0.2, 0.25) is 0 Å². The Hall–Kier alpha value is -0.760. The third-order valence-electron chi connectivity index (χ3n) is 3.94. The molecule has 3 aliphatic rings. The first-order chi connectivity index (χ1) is 8.24. The molecule has 0 aromatic rings. The van der Waals surface area contributed by atoms with Crippen LogP contribution in [0.4, 0.5) is 0 Å². The Balaban J connectivity index is 1.77. The smallest absolute Gasteiger partial charge is 0.0726 e. The molecule has 1 saturated heterocycles. The van der Waals surface area contributed by atoms with Crippen molar-refractivity contribution in [1.29, 1.82) is 0 Å². The van der Waals surface area contributed by atoms with Gasteiger partial charge in [0, 0.05) is 18.8 Å². The predicted octanol–water partition coefficient (Wildman–Crippen LogP) is 3.11. The molecule has 0 bridgehead atoms. The fourth-order valence-electron chi connectivity index (χ4n) is 3.14. The maximum Gasteiger partial charge on any atom is 0.0726 e. The zero-order valence-corrected chi connectivity index (χ0v) is 11.0. The zero-order chi connectivity index (χ0) is 11.8. The highest BCUT2D eigenvalue weighted by atomic mass is 16.5. The number of hydrogen-bond donors (Lipinski definition) is 0. The fourth-order valence-corrected chi connectivity index (χ4v) is 3.14. The van der Waals surface area contributed by atoms with Gasteiger partial charge in [0.15, 0.2) is 0 Å². The lowest BCUT2D eigenvalue weighted by molar-refractivity contribution is -0.0573. The fraction of sp³-hybridized carbons (Fsp3) is 0.733. The van der Waals surface area contributed by atoms with Crippen molar-refractivity contribution in [3.63, 3.8) is 0 Å². The summed E-state index contributed by atoms with van der Waals surface area (Å²) < 4.78 is 5.83. The monoisotopic (exact) mass is 233 g/mol. The Kier molecular flexibility index (Phi) is 2.99. The van der Waals surface area contributed by atoms with Gasteiger partial charge in [-0.25, -0.2) is 0 Å². The van der Waals surface area contributed by atoms with Crippen molar-refractivity contribution in [3.8, 4) is 0 Å². The van der Waals surface area contributed by atoms with Crippen LogP contribution in [0.3, 0.4) is 0 Å². The number of ether oxygens (including phenoxy) is 1. The summed E-state index contributed by atoms with van der Waals surface area (Å²) in [4.78, 5) is 2.56. The average Bonchev–Trinajstić information content (AvgIpc) is 3.11. The summed E-state index contributed by atoms with van der Waals surface area (Å²) in [5, 5.41) is 0. The summed E-state index contributed by atoms with van der Waals surface area (Å²) in [6.07, 6.45) is 10.9. The molecule has 2 unspecified atom stereocenters. The molecule has 0 radical (unpaired) electrons. The van der Waals surface area contributed by atoms with E-state index < -0.39 is 0 Å². The molecule has 2 nitrogen and oxygen atoms in total. The van der Waals surface area contributed by atoms with Crippen LogP contribution in [-0.4, -0.2) is 30.2 Å². The molecule has 0 aromatic heterocycles. The van der Waals surface area contributed by atoms with Crippen molar-refractivity contribution < 1.29 is 4.74 Å². The topological polar surface area (TPSA) is 12.5 Å². The zero-order valence-electron chi connectivity index (χ0n) is 11.0. The maximum atomic E-state index is 5.83. The molecule has 1 saturated carbocycles. The first kappa shape index (κ1) is 11.3. The Labute approximate surface area is 104 Å². The van der Waals surface area contributed by atoms with E-state index in [0.29, 0.717) is 12.2 Å². The normalized spacial score (nSPS) is 34.4. The van der Waals surface area contributed by atoms with Crippen LogP contribution < -0.4 is 0 Å². The Morgan fingerprint density at radius 1 is 1.06 bits per heavy atom. The van der Waals surface area contributed by atoms with E-state index >= 15 is 0 Å². The second-order valence-corrected chi connectivity index (χ2v) is 5.76. The summed E-state index contributed by atoms with van der Waals surface area (Å²) >= 11 is 0. The predicted molar refractivity (Wildman–Crippen MR) is 69.7 cm³/mol. The maximum absolute atomic E-state index is 5.83. The van der Waals surface area contributed by atoms with Gasteiger partial charge in [0.05, 0.1) is 12.2 Å². The van der Waals surface area contributed by atoms with Gasteiger partial charge in [0.1, 0.15) is 0 Å². The highest BCUT2D eigenvalue weighted by molar-refractivity contribution is 5.37. The van der Waals surface area contributed by atoms with Gasteiger partial charge in [-0.15, -0.1) is 0 Å². The van der Waals surface area contributed by atoms with E-state index in [4.69, 9.17) is 4.74 Å². The first-order valence-electron chi connectivity index (χ1n) is 7.05. The van der Waals surface area contributed by atoms with Crippen LogP contribution >= 0.6 is 0 Å². The van der Waals surface area contributed by atoms with Crippen molar-refractivity contribution >= 4 is 0 Å². The number of hydrogen-bond acceptors (Lipinski definition) is 2. The highest BCUT2D eigenvalue weighted by Gasteiger charge is 2.33. The SMILES string of the molecule is CC1CN(C2=CCCC=C2C2CC2)CC(C)O1. The summed E-state index contributed by atoms with van der Waals surface area (Å²) in [5.41, 5.74) is 3.17. The van der Waals surface area contributed by atoms with E-state index in [1.807, 2.05) is 0 Å². The molecule has 2 aliphatic carbocycles. The van der Waals surface area contributed by atoms with Crippen LogP contribution in [0.15, 0.2) is 23.4 Å². The third kappa shape index (κ3) is 2.42. The van der Waals surface area contributed by atoms with E-state index in [1.165, 1.54) is 31.4 Å². The number of nitrogens with zero attached hydrogens (tertiary/aromatic N) is 1. The minimum atomic E-state index is 0.363. The van der Waals surface area contributed by atoms with Gasteiger partial charge >= 0.3 is 0 Å². The summed E-state index contributed by atoms with van der Waals surface area (Å²) in [6, 6.07) is 0. The minimum Gasteiger partial charge on any atom is -0.372 e. The molecule has 2 heteroatoms. The second kappa shape index (κ2) is 4.49. The molecule has 17 heavy (non-hydrogen) atoms.